The maximum absolute atomic E-state index is 12.4. The number of rotatable bonds is 4. The molecule has 0 aromatic carbocycles. The molecule has 0 bridgehead atoms. The summed E-state index contributed by atoms with van der Waals surface area (Å²) in [6.45, 7) is 1.79. The number of carboxylic acid groups (broad SMARTS) is 1. The normalized spacial score (nSPS) is 16.9. The number of nitrogens with one attached hydrogen (secondary N) is 1. The predicted molar refractivity (Wildman–Crippen MR) is 81.4 cm³/mol. The van der Waals surface area contributed by atoms with Gasteiger partial charge in [0, 0.05) is 30.8 Å². The fraction of sp³-hybridized carbons (Fsp3) is 0.438. The van der Waals surface area contributed by atoms with Gasteiger partial charge in [0.15, 0.2) is 5.76 Å². The fourth-order valence-electron chi connectivity index (χ4n) is 3.07. The second-order valence-corrected chi connectivity index (χ2v) is 5.69. The van der Waals surface area contributed by atoms with Crippen molar-refractivity contribution in [1.82, 2.24) is 15.1 Å². The standard InChI is InChI=1S/C16H19N3O4/c1-3-13-9(16(21)22)7-14(23-13)15(20)18-11-5-4-6-12-10(11)8-17-19(12)2/h7-8,11H,3-6H2,1-2H3,(H,18,20)(H,21,22). The molecular weight excluding hydrogens is 298 g/mol. The van der Waals surface area contributed by atoms with E-state index in [4.69, 9.17) is 9.52 Å². The highest BCUT2D eigenvalue weighted by Crippen LogP contribution is 2.29. The van der Waals surface area contributed by atoms with Crippen LogP contribution in [0, 0.1) is 0 Å². The summed E-state index contributed by atoms with van der Waals surface area (Å²) in [6, 6.07) is 1.17. The molecule has 3 rings (SSSR count). The number of carbonyl (C=O) groups excluding carboxylic acids is 1. The van der Waals surface area contributed by atoms with Crippen molar-refractivity contribution in [1.29, 1.82) is 0 Å². The molecule has 0 aliphatic heterocycles. The Bertz CT molecular complexity index is 759. The summed E-state index contributed by atoms with van der Waals surface area (Å²) in [7, 11) is 1.89. The van der Waals surface area contributed by atoms with Crippen molar-refractivity contribution in [3.63, 3.8) is 0 Å². The number of carbonyl (C=O) groups is 2. The highest BCUT2D eigenvalue weighted by molar-refractivity contribution is 5.96. The number of amides is 1. The third-order valence-corrected chi connectivity index (χ3v) is 4.27. The molecule has 7 nitrogen and oxygen atoms in total. The Morgan fingerprint density at radius 3 is 2.96 bits per heavy atom. The van der Waals surface area contributed by atoms with Crippen LogP contribution in [0.5, 0.6) is 0 Å². The van der Waals surface area contributed by atoms with Gasteiger partial charge in [0.05, 0.1) is 12.2 Å². The molecule has 0 radical (unpaired) electrons. The molecule has 0 fully saturated rings. The Kier molecular flexibility index (Phi) is 3.94. The Morgan fingerprint density at radius 1 is 1.52 bits per heavy atom. The van der Waals surface area contributed by atoms with Crippen LogP contribution in [0.1, 0.15) is 63.7 Å². The number of nitrogens with zero attached hydrogens (tertiary/aromatic N) is 2. The van der Waals surface area contributed by atoms with Crippen LogP contribution in [-0.4, -0.2) is 26.8 Å². The lowest BCUT2D eigenvalue weighted by Gasteiger charge is -2.23. The average molecular weight is 317 g/mol. The molecule has 2 aromatic rings. The second-order valence-electron chi connectivity index (χ2n) is 5.69. The van der Waals surface area contributed by atoms with Gasteiger partial charge in [0.1, 0.15) is 11.3 Å². The first kappa shape index (κ1) is 15.3. The van der Waals surface area contributed by atoms with Crippen molar-refractivity contribution in [2.75, 3.05) is 0 Å². The van der Waals surface area contributed by atoms with Crippen LogP contribution in [0.2, 0.25) is 0 Å². The highest BCUT2D eigenvalue weighted by atomic mass is 16.4. The summed E-state index contributed by atoms with van der Waals surface area (Å²) in [5.74, 6) is -1.13. The topological polar surface area (TPSA) is 97.4 Å². The molecule has 122 valence electrons. The van der Waals surface area contributed by atoms with E-state index in [-0.39, 0.29) is 17.4 Å². The number of hydrogen-bond donors (Lipinski definition) is 2. The minimum atomic E-state index is -1.09. The van der Waals surface area contributed by atoms with Crippen molar-refractivity contribution >= 4 is 11.9 Å². The van der Waals surface area contributed by atoms with E-state index in [0.717, 1.165) is 30.5 Å². The summed E-state index contributed by atoms with van der Waals surface area (Å²) in [5.41, 5.74) is 2.19. The molecule has 1 aliphatic rings. The van der Waals surface area contributed by atoms with Crippen molar-refractivity contribution < 1.29 is 19.1 Å². The van der Waals surface area contributed by atoms with E-state index < -0.39 is 11.9 Å². The quantitative estimate of drug-likeness (QED) is 0.900. The van der Waals surface area contributed by atoms with Gasteiger partial charge >= 0.3 is 5.97 Å². The van der Waals surface area contributed by atoms with E-state index in [2.05, 4.69) is 10.4 Å². The number of furan rings is 1. The maximum atomic E-state index is 12.4. The number of aromatic nitrogens is 2. The molecule has 2 heterocycles. The first-order valence-electron chi connectivity index (χ1n) is 7.68. The van der Waals surface area contributed by atoms with Gasteiger partial charge in [-0.25, -0.2) is 4.79 Å². The van der Waals surface area contributed by atoms with Crippen molar-refractivity contribution in [3.05, 3.63) is 40.6 Å². The first-order chi connectivity index (χ1) is 11.0. The van der Waals surface area contributed by atoms with Gasteiger partial charge < -0.3 is 14.8 Å². The Morgan fingerprint density at radius 2 is 2.30 bits per heavy atom. The van der Waals surface area contributed by atoms with Crippen LogP contribution < -0.4 is 5.32 Å². The summed E-state index contributed by atoms with van der Waals surface area (Å²) < 4.78 is 7.24. The van der Waals surface area contributed by atoms with Crippen LogP contribution in [-0.2, 0) is 19.9 Å². The highest BCUT2D eigenvalue weighted by Gasteiger charge is 2.27. The Balaban J connectivity index is 1.82. The summed E-state index contributed by atoms with van der Waals surface area (Å²) in [6.07, 6.45) is 4.95. The van der Waals surface area contributed by atoms with Crippen molar-refractivity contribution in [2.45, 2.75) is 38.6 Å². The molecule has 1 unspecified atom stereocenters. The zero-order chi connectivity index (χ0) is 16.6. The Labute approximate surface area is 133 Å². The number of aromatic carboxylic acids is 1. The van der Waals surface area contributed by atoms with Crippen molar-refractivity contribution in [3.8, 4) is 0 Å². The molecule has 0 spiro atoms. The molecule has 1 aliphatic carbocycles. The lowest BCUT2D eigenvalue weighted by atomic mass is 9.93. The molecule has 1 atom stereocenters. The molecule has 23 heavy (non-hydrogen) atoms. The summed E-state index contributed by atoms with van der Waals surface area (Å²) in [4.78, 5) is 23.6. The number of carboxylic acids is 1. The Hall–Kier alpha value is -2.57. The lowest BCUT2D eigenvalue weighted by molar-refractivity contribution is 0.0694. The average Bonchev–Trinajstić information content (AvgIpc) is 3.12. The lowest BCUT2D eigenvalue weighted by Crippen LogP contribution is -2.30. The molecule has 2 aromatic heterocycles. The van der Waals surface area contributed by atoms with E-state index >= 15 is 0 Å². The van der Waals surface area contributed by atoms with Gasteiger partial charge in [-0.05, 0) is 19.3 Å². The minimum Gasteiger partial charge on any atom is -0.478 e. The van der Waals surface area contributed by atoms with E-state index in [0.29, 0.717) is 12.2 Å². The van der Waals surface area contributed by atoms with E-state index in [1.807, 2.05) is 11.7 Å². The largest absolute Gasteiger partial charge is 0.478 e. The van der Waals surface area contributed by atoms with Gasteiger partial charge in [-0.2, -0.15) is 5.10 Å². The van der Waals surface area contributed by atoms with Crippen LogP contribution in [0.3, 0.4) is 0 Å². The number of hydrogen-bond acceptors (Lipinski definition) is 4. The third-order valence-electron chi connectivity index (χ3n) is 4.27. The van der Waals surface area contributed by atoms with Gasteiger partial charge in [-0.3, -0.25) is 9.48 Å². The van der Waals surface area contributed by atoms with Gasteiger partial charge in [-0.15, -0.1) is 0 Å². The van der Waals surface area contributed by atoms with E-state index in [1.54, 1.807) is 13.1 Å². The predicted octanol–water partition coefficient (Wildman–Crippen LogP) is 2.08. The van der Waals surface area contributed by atoms with Gasteiger partial charge in [-0.1, -0.05) is 6.92 Å². The molecule has 7 heteroatoms. The zero-order valence-electron chi connectivity index (χ0n) is 13.1. The first-order valence-corrected chi connectivity index (χ1v) is 7.68. The van der Waals surface area contributed by atoms with Crippen LogP contribution in [0.15, 0.2) is 16.7 Å². The van der Waals surface area contributed by atoms with E-state index in [1.165, 1.54) is 6.07 Å². The molecule has 2 N–H and O–H groups in total. The van der Waals surface area contributed by atoms with Crippen LogP contribution >= 0.6 is 0 Å². The minimum absolute atomic E-state index is 0.0373. The fourth-order valence-corrected chi connectivity index (χ4v) is 3.07. The maximum Gasteiger partial charge on any atom is 0.339 e. The number of fused-ring (bicyclic) bond motifs is 1. The summed E-state index contributed by atoms with van der Waals surface area (Å²) >= 11 is 0. The molecular formula is C16H19N3O4. The SMILES string of the molecule is CCc1oc(C(=O)NC2CCCc3c2cnn3C)cc1C(=O)O. The second kappa shape index (κ2) is 5.91. The van der Waals surface area contributed by atoms with Gasteiger partial charge in [0.25, 0.3) is 5.91 Å². The summed E-state index contributed by atoms with van der Waals surface area (Å²) in [5, 5.41) is 16.3. The molecule has 0 saturated carbocycles. The van der Waals surface area contributed by atoms with Crippen LogP contribution in [0.4, 0.5) is 0 Å². The third kappa shape index (κ3) is 2.74. The molecule has 1 amide bonds. The van der Waals surface area contributed by atoms with Crippen LogP contribution in [0.25, 0.3) is 0 Å². The van der Waals surface area contributed by atoms with Gasteiger partial charge in [0.2, 0.25) is 0 Å². The smallest absolute Gasteiger partial charge is 0.339 e. The monoisotopic (exact) mass is 317 g/mol. The zero-order valence-corrected chi connectivity index (χ0v) is 13.1. The van der Waals surface area contributed by atoms with Crippen molar-refractivity contribution in [2.24, 2.45) is 7.05 Å². The number of aryl methyl sites for hydroxylation is 2. The molecule has 0 saturated heterocycles. The van der Waals surface area contributed by atoms with E-state index in [9.17, 15) is 9.59 Å².